The Bertz CT molecular complexity index is 1100. The van der Waals surface area contributed by atoms with Crippen LogP contribution in [0.5, 0.6) is 0 Å². The maximum atomic E-state index is 12.9. The molecule has 1 saturated heterocycles. The third kappa shape index (κ3) is 3.52. The number of non-ortho nitro benzene ring substituents is 1. The summed E-state index contributed by atoms with van der Waals surface area (Å²) >= 11 is 0. The van der Waals surface area contributed by atoms with Crippen molar-refractivity contribution in [3.63, 3.8) is 0 Å². The molecule has 2 amide bonds. The number of hydrogen-bond acceptors (Lipinski definition) is 7. The van der Waals surface area contributed by atoms with Crippen molar-refractivity contribution in [1.82, 2.24) is 24.8 Å². The molecular weight excluding hydrogens is 392 g/mol. The van der Waals surface area contributed by atoms with Crippen LogP contribution in [0.25, 0.3) is 5.69 Å². The van der Waals surface area contributed by atoms with E-state index in [2.05, 4.69) is 10.3 Å². The SMILES string of the molecule is Cc1c(C(=O)N2CCN(C(=O)c3ccco3)CC2)nnn1-c1cccc([N+](=O)[O-])c1. The van der Waals surface area contributed by atoms with E-state index in [-0.39, 0.29) is 29.0 Å². The van der Waals surface area contributed by atoms with Gasteiger partial charge in [-0.2, -0.15) is 0 Å². The highest BCUT2D eigenvalue weighted by Crippen LogP contribution is 2.19. The van der Waals surface area contributed by atoms with Crippen LogP contribution < -0.4 is 0 Å². The Kier molecular flexibility index (Phi) is 5.00. The second-order valence-electron chi connectivity index (χ2n) is 6.77. The molecule has 1 aliphatic heterocycles. The van der Waals surface area contributed by atoms with E-state index in [1.807, 2.05) is 0 Å². The summed E-state index contributed by atoms with van der Waals surface area (Å²) in [7, 11) is 0. The van der Waals surface area contributed by atoms with E-state index < -0.39 is 4.92 Å². The number of nitro benzene ring substituents is 1. The fourth-order valence-corrected chi connectivity index (χ4v) is 3.33. The Morgan fingerprint density at radius 1 is 1.07 bits per heavy atom. The molecule has 1 fully saturated rings. The van der Waals surface area contributed by atoms with E-state index in [0.29, 0.717) is 37.6 Å². The van der Waals surface area contributed by atoms with E-state index in [4.69, 9.17) is 4.42 Å². The average Bonchev–Trinajstić information content (AvgIpc) is 3.43. The van der Waals surface area contributed by atoms with Crippen LogP contribution in [0.4, 0.5) is 5.69 Å². The van der Waals surface area contributed by atoms with Crippen LogP contribution in [-0.2, 0) is 0 Å². The van der Waals surface area contributed by atoms with Gasteiger partial charge in [-0.1, -0.05) is 11.3 Å². The minimum atomic E-state index is -0.495. The van der Waals surface area contributed by atoms with Gasteiger partial charge in [-0.05, 0) is 25.1 Å². The van der Waals surface area contributed by atoms with Crippen LogP contribution in [0.15, 0.2) is 47.1 Å². The number of carbonyl (C=O) groups excluding carboxylic acids is 2. The Morgan fingerprint density at radius 2 is 1.77 bits per heavy atom. The smallest absolute Gasteiger partial charge is 0.289 e. The lowest BCUT2D eigenvalue weighted by atomic mass is 10.2. The van der Waals surface area contributed by atoms with Crippen molar-refractivity contribution in [2.24, 2.45) is 0 Å². The molecule has 1 aliphatic rings. The lowest BCUT2D eigenvalue weighted by Gasteiger charge is -2.34. The molecule has 3 aromatic rings. The summed E-state index contributed by atoms with van der Waals surface area (Å²) in [5.74, 6) is -0.236. The fourth-order valence-electron chi connectivity index (χ4n) is 3.33. The second kappa shape index (κ2) is 7.78. The molecule has 0 saturated carbocycles. The largest absolute Gasteiger partial charge is 0.459 e. The van der Waals surface area contributed by atoms with Gasteiger partial charge in [0.1, 0.15) is 0 Å². The number of carbonyl (C=O) groups is 2. The van der Waals surface area contributed by atoms with E-state index in [1.54, 1.807) is 41.0 Å². The molecule has 0 unspecified atom stereocenters. The van der Waals surface area contributed by atoms with Crippen molar-refractivity contribution in [1.29, 1.82) is 0 Å². The normalized spacial score (nSPS) is 14.0. The van der Waals surface area contributed by atoms with Gasteiger partial charge in [0, 0.05) is 38.3 Å². The summed E-state index contributed by atoms with van der Waals surface area (Å²) in [6.07, 6.45) is 1.44. The van der Waals surface area contributed by atoms with Gasteiger partial charge in [0.15, 0.2) is 11.5 Å². The number of piperazine rings is 1. The Labute approximate surface area is 170 Å². The van der Waals surface area contributed by atoms with Gasteiger partial charge in [-0.3, -0.25) is 19.7 Å². The summed E-state index contributed by atoms with van der Waals surface area (Å²) in [5, 5.41) is 19.0. The average molecular weight is 410 g/mol. The van der Waals surface area contributed by atoms with Crippen LogP contribution in [0.2, 0.25) is 0 Å². The van der Waals surface area contributed by atoms with Crippen molar-refractivity contribution in [3.8, 4) is 5.69 Å². The predicted molar refractivity (Wildman–Crippen MR) is 103 cm³/mol. The molecule has 0 atom stereocenters. The predicted octanol–water partition coefficient (Wildman–Crippen LogP) is 1.68. The van der Waals surface area contributed by atoms with Crippen LogP contribution >= 0.6 is 0 Å². The summed E-state index contributed by atoms with van der Waals surface area (Å²) in [4.78, 5) is 39.0. The van der Waals surface area contributed by atoms with Gasteiger partial charge in [-0.15, -0.1) is 5.10 Å². The molecule has 4 rings (SSSR count). The Morgan fingerprint density at radius 3 is 2.40 bits per heavy atom. The molecule has 154 valence electrons. The molecule has 11 nitrogen and oxygen atoms in total. The summed E-state index contributed by atoms with van der Waals surface area (Å²) in [6, 6.07) is 9.21. The first-order valence-electron chi connectivity index (χ1n) is 9.25. The maximum absolute atomic E-state index is 12.9. The standard InChI is InChI=1S/C19H18N6O5/c1-13-17(20-21-24(13)14-4-2-5-15(12-14)25(28)29)19(27)23-9-7-22(8-10-23)18(26)16-6-3-11-30-16/h2-6,11-12H,7-10H2,1H3. The van der Waals surface area contributed by atoms with E-state index in [0.717, 1.165) is 0 Å². The van der Waals surface area contributed by atoms with Gasteiger partial charge in [0.2, 0.25) is 0 Å². The molecule has 11 heteroatoms. The molecular formula is C19H18N6O5. The number of amides is 2. The van der Waals surface area contributed by atoms with Crippen molar-refractivity contribution >= 4 is 17.5 Å². The van der Waals surface area contributed by atoms with Gasteiger partial charge in [0.05, 0.1) is 22.6 Å². The second-order valence-corrected chi connectivity index (χ2v) is 6.77. The molecule has 0 aliphatic carbocycles. The van der Waals surface area contributed by atoms with Gasteiger partial charge in [-0.25, -0.2) is 4.68 Å². The minimum absolute atomic E-state index is 0.0763. The number of hydrogen-bond donors (Lipinski definition) is 0. The topological polar surface area (TPSA) is 128 Å². The van der Waals surface area contributed by atoms with E-state index in [1.165, 1.54) is 23.1 Å². The number of nitrogens with zero attached hydrogens (tertiary/aromatic N) is 6. The van der Waals surface area contributed by atoms with Crippen molar-refractivity contribution in [3.05, 3.63) is 69.9 Å². The summed E-state index contributed by atoms with van der Waals surface area (Å²) in [6.45, 7) is 3.15. The molecule has 30 heavy (non-hydrogen) atoms. The molecule has 0 spiro atoms. The molecule has 3 heterocycles. The highest BCUT2D eigenvalue weighted by molar-refractivity contribution is 5.94. The number of rotatable bonds is 4. The minimum Gasteiger partial charge on any atom is -0.459 e. The third-order valence-electron chi connectivity index (χ3n) is 4.97. The number of nitro groups is 1. The summed E-state index contributed by atoms with van der Waals surface area (Å²) < 4.78 is 6.54. The molecule has 1 aromatic carbocycles. The zero-order valence-electron chi connectivity index (χ0n) is 16.1. The van der Waals surface area contributed by atoms with Gasteiger partial charge >= 0.3 is 0 Å². The van der Waals surface area contributed by atoms with Gasteiger partial charge < -0.3 is 14.2 Å². The molecule has 0 radical (unpaired) electrons. The maximum Gasteiger partial charge on any atom is 0.289 e. The first kappa shape index (κ1) is 19.3. The number of furan rings is 1. The zero-order valence-corrected chi connectivity index (χ0v) is 16.1. The molecule has 0 N–H and O–H groups in total. The first-order chi connectivity index (χ1) is 14.5. The van der Waals surface area contributed by atoms with Gasteiger partial charge in [0.25, 0.3) is 17.5 Å². The van der Waals surface area contributed by atoms with Crippen LogP contribution in [0, 0.1) is 17.0 Å². The fraction of sp³-hybridized carbons (Fsp3) is 0.263. The highest BCUT2D eigenvalue weighted by atomic mass is 16.6. The number of benzene rings is 1. The number of aromatic nitrogens is 3. The lowest BCUT2D eigenvalue weighted by Crippen LogP contribution is -2.50. The van der Waals surface area contributed by atoms with Crippen molar-refractivity contribution in [2.45, 2.75) is 6.92 Å². The highest BCUT2D eigenvalue weighted by Gasteiger charge is 2.29. The Hall–Kier alpha value is -4.02. The summed E-state index contributed by atoms with van der Waals surface area (Å²) in [5.41, 5.74) is 1.02. The zero-order chi connectivity index (χ0) is 21.3. The quantitative estimate of drug-likeness (QED) is 0.473. The van der Waals surface area contributed by atoms with Crippen molar-refractivity contribution in [2.75, 3.05) is 26.2 Å². The molecule has 2 aromatic heterocycles. The van der Waals surface area contributed by atoms with E-state index >= 15 is 0 Å². The van der Waals surface area contributed by atoms with Crippen molar-refractivity contribution < 1.29 is 18.9 Å². The molecule has 0 bridgehead atoms. The first-order valence-corrected chi connectivity index (χ1v) is 9.25. The van der Waals surface area contributed by atoms with Crippen LogP contribution in [0.3, 0.4) is 0 Å². The van der Waals surface area contributed by atoms with Crippen LogP contribution in [0.1, 0.15) is 26.7 Å². The van der Waals surface area contributed by atoms with E-state index in [9.17, 15) is 19.7 Å². The monoisotopic (exact) mass is 410 g/mol. The lowest BCUT2D eigenvalue weighted by molar-refractivity contribution is -0.384. The Balaban J connectivity index is 1.47. The van der Waals surface area contributed by atoms with Crippen LogP contribution in [-0.4, -0.2) is 67.7 Å². The third-order valence-corrected chi connectivity index (χ3v) is 4.97.